The van der Waals surface area contributed by atoms with Gasteiger partial charge >= 0.3 is 35.5 Å². The Morgan fingerprint density at radius 1 is 1.00 bits per heavy atom. The van der Waals surface area contributed by atoms with E-state index in [1.165, 1.54) is 16.7 Å². The minimum Gasteiger partial charge on any atom is -1.00 e. The monoisotopic (exact) mass is 451 g/mol. The molecule has 1 aliphatic rings. The van der Waals surface area contributed by atoms with Crippen molar-refractivity contribution in [1.82, 2.24) is 4.90 Å². The fourth-order valence-corrected chi connectivity index (χ4v) is 4.21. The number of carbonyl (C=O) groups is 1. The van der Waals surface area contributed by atoms with Gasteiger partial charge in [0.25, 0.3) is 0 Å². The minimum atomic E-state index is -0.800. The van der Waals surface area contributed by atoms with Gasteiger partial charge in [0.15, 0.2) is 0 Å². The number of hydrogen-bond acceptors (Lipinski definition) is 3. The first-order chi connectivity index (χ1) is 15.6. The van der Waals surface area contributed by atoms with Crippen molar-refractivity contribution in [3.05, 3.63) is 113 Å². The number of fused-ring (bicyclic) bond motifs is 1. The topological polar surface area (TPSA) is 49.8 Å². The standard InChI is InChI=1S/C28H29NO3.Na.H/c1-2-5-24(16-28(30)31)23-12-14-27(15-13-23)32-20-22-10-8-21(9-11-22)17-29-18-25-6-3-4-7-26(25)19-29;;/h2-15,24H,16-20H2,1H3,(H,30,31);;/q;+1;-1. The number of benzene rings is 3. The fraction of sp³-hybridized carbons (Fsp3) is 0.250. The molecule has 1 unspecified atom stereocenters. The Kier molecular flexibility index (Phi) is 9.33. The summed E-state index contributed by atoms with van der Waals surface area (Å²) in [6.45, 7) is 5.38. The van der Waals surface area contributed by atoms with E-state index in [4.69, 9.17) is 9.84 Å². The summed E-state index contributed by atoms with van der Waals surface area (Å²) in [6, 6.07) is 25.0. The zero-order valence-corrected chi connectivity index (χ0v) is 21.4. The molecule has 0 bridgehead atoms. The SMILES string of the molecule is CC=CC(CC(=O)O)c1ccc(OCc2ccc(CN3Cc4ccccc4C3)cc2)cc1.[H-].[Na+]. The summed E-state index contributed by atoms with van der Waals surface area (Å²) >= 11 is 0. The predicted molar refractivity (Wildman–Crippen MR) is 128 cm³/mol. The van der Waals surface area contributed by atoms with E-state index in [-0.39, 0.29) is 43.3 Å². The maximum absolute atomic E-state index is 11.1. The summed E-state index contributed by atoms with van der Waals surface area (Å²) < 4.78 is 5.94. The Balaban J connectivity index is 0.00000204. The zero-order valence-electron chi connectivity index (χ0n) is 20.4. The van der Waals surface area contributed by atoms with Crippen LogP contribution in [0.1, 0.15) is 48.5 Å². The third kappa shape index (κ3) is 7.05. The molecule has 0 aliphatic carbocycles. The Hall–Kier alpha value is -2.37. The number of nitrogens with zero attached hydrogens (tertiary/aromatic N) is 1. The van der Waals surface area contributed by atoms with Crippen LogP contribution in [0, 0.1) is 0 Å². The first kappa shape index (κ1) is 25.3. The van der Waals surface area contributed by atoms with Crippen LogP contribution in [0.2, 0.25) is 0 Å². The second kappa shape index (κ2) is 12.2. The summed E-state index contributed by atoms with van der Waals surface area (Å²) in [5.74, 6) is -0.143. The van der Waals surface area contributed by atoms with Crippen LogP contribution >= 0.6 is 0 Å². The Morgan fingerprint density at radius 2 is 1.61 bits per heavy atom. The summed E-state index contributed by atoms with van der Waals surface area (Å²) in [6.07, 6.45) is 3.90. The molecule has 5 heteroatoms. The van der Waals surface area contributed by atoms with E-state index in [1.54, 1.807) is 0 Å². The molecule has 33 heavy (non-hydrogen) atoms. The number of hydrogen-bond donors (Lipinski definition) is 1. The summed E-state index contributed by atoms with van der Waals surface area (Å²) in [7, 11) is 0. The predicted octanol–water partition coefficient (Wildman–Crippen LogP) is 3.03. The molecule has 1 atom stereocenters. The molecule has 4 rings (SSSR count). The van der Waals surface area contributed by atoms with Crippen LogP contribution in [0.15, 0.2) is 84.9 Å². The number of aliphatic carboxylic acids is 1. The van der Waals surface area contributed by atoms with Gasteiger partial charge < -0.3 is 11.3 Å². The van der Waals surface area contributed by atoms with Gasteiger partial charge in [-0.1, -0.05) is 72.8 Å². The summed E-state index contributed by atoms with van der Waals surface area (Å²) in [5, 5.41) is 9.12. The van der Waals surface area contributed by atoms with Crippen molar-refractivity contribution in [2.24, 2.45) is 0 Å². The van der Waals surface area contributed by atoms with Crippen molar-refractivity contribution in [3.8, 4) is 5.75 Å². The van der Waals surface area contributed by atoms with Gasteiger partial charge in [-0.25, -0.2) is 0 Å². The third-order valence-electron chi connectivity index (χ3n) is 5.87. The molecule has 0 saturated carbocycles. The number of carboxylic acids is 1. The molecule has 3 aromatic rings. The van der Waals surface area contributed by atoms with Crippen molar-refractivity contribution in [3.63, 3.8) is 0 Å². The Bertz CT molecular complexity index is 1060. The molecule has 1 N–H and O–H groups in total. The number of rotatable bonds is 9. The van der Waals surface area contributed by atoms with Crippen LogP contribution in [0.5, 0.6) is 5.75 Å². The zero-order chi connectivity index (χ0) is 22.3. The van der Waals surface area contributed by atoms with Gasteiger partial charge in [0.05, 0.1) is 6.42 Å². The van der Waals surface area contributed by atoms with Crippen molar-refractivity contribution < 1.29 is 45.6 Å². The molecule has 0 spiro atoms. The fourth-order valence-electron chi connectivity index (χ4n) is 4.21. The van der Waals surface area contributed by atoms with Gasteiger partial charge in [0.2, 0.25) is 0 Å². The second-order valence-corrected chi connectivity index (χ2v) is 8.32. The van der Waals surface area contributed by atoms with E-state index < -0.39 is 5.97 Å². The van der Waals surface area contributed by atoms with Crippen molar-refractivity contribution in [2.45, 2.75) is 45.5 Å². The van der Waals surface area contributed by atoms with E-state index in [0.29, 0.717) is 6.61 Å². The average molecular weight is 452 g/mol. The summed E-state index contributed by atoms with van der Waals surface area (Å²) in [4.78, 5) is 13.6. The van der Waals surface area contributed by atoms with Crippen LogP contribution in [-0.4, -0.2) is 16.0 Å². The van der Waals surface area contributed by atoms with Gasteiger partial charge in [-0.15, -0.1) is 0 Å². The molecule has 0 saturated heterocycles. The molecule has 1 heterocycles. The van der Waals surface area contributed by atoms with Crippen LogP contribution < -0.4 is 34.3 Å². The van der Waals surface area contributed by atoms with Gasteiger partial charge in [-0.2, -0.15) is 0 Å². The van der Waals surface area contributed by atoms with Crippen LogP contribution in [-0.2, 0) is 31.0 Å². The maximum atomic E-state index is 11.1. The van der Waals surface area contributed by atoms with Crippen molar-refractivity contribution >= 4 is 5.97 Å². The van der Waals surface area contributed by atoms with Crippen LogP contribution in [0.25, 0.3) is 0 Å². The molecule has 166 valence electrons. The number of ether oxygens (including phenoxy) is 1. The second-order valence-electron chi connectivity index (χ2n) is 8.32. The Morgan fingerprint density at radius 3 is 2.18 bits per heavy atom. The van der Waals surface area contributed by atoms with Gasteiger partial charge in [-0.3, -0.25) is 9.69 Å². The van der Waals surface area contributed by atoms with E-state index in [2.05, 4.69) is 53.4 Å². The molecule has 0 fully saturated rings. The van der Waals surface area contributed by atoms with Gasteiger partial charge in [-0.05, 0) is 46.9 Å². The Labute approximate surface area is 219 Å². The molecule has 0 amide bonds. The van der Waals surface area contributed by atoms with E-state index in [0.717, 1.165) is 36.5 Å². The quantitative estimate of drug-likeness (QED) is 0.401. The van der Waals surface area contributed by atoms with Crippen LogP contribution in [0.3, 0.4) is 0 Å². The number of allylic oxidation sites excluding steroid dienone is 2. The summed E-state index contributed by atoms with van der Waals surface area (Å²) in [5.41, 5.74) is 6.28. The largest absolute Gasteiger partial charge is 1.00 e. The minimum absolute atomic E-state index is 0. The van der Waals surface area contributed by atoms with Crippen LogP contribution in [0.4, 0.5) is 0 Å². The van der Waals surface area contributed by atoms with Gasteiger partial charge in [0, 0.05) is 25.6 Å². The smallest absolute Gasteiger partial charge is 1.00 e. The first-order valence-electron chi connectivity index (χ1n) is 11.0. The molecule has 3 aromatic carbocycles. The molecule has 0 radical (unpaired) electrons. The average Bonchev–Trinajstić information content (AvgIpc) is 3.21. The number of carboxylic acid groups (broad SMARTS) is 1. The van der Waals surface area contributed by atoms with E-state index in [1.807, 2.05) is 43.3 Å². The molecular weight excluding hydrogens is 421 g/mol. The molecule has 4 nitrogen and oxygen atoms in total. The molecular formula is C28H30NNaO3. The van der Waals surface area contributed by atoms with E-state index >= 15 is 0 Å². The first-order valence-corrected chi connectivity index (χ1v) is 11.0. The molecule has 1 aliphatic heterocycles. The maximum Gasteiger partial charge on any atom is 1.00 e. The van der Waals surface area contributed by atoms with Crippen molar-refractivity contribution in [1.29, 1.82) is 0 Å². The van der Waals surface area contributed by atoms with E-state index in [9.17, 15) is 4.79 Å². The van der Waals surface area contributed by atoms with Gasteiger partial charge in [0.1, 0.15) is 12.4 Å². The van der Waals surface area contributed by atoms with Crippen molar-refractivity contribution in [2.75, 3.05) is 0 Å². The third-order valence-corrected chi connectivity index (χ3v) is 5.87. The molecule has 0 aromatic heterocycles. The normalized spacial score (nSPS) is 14.0.